The van der Waals surface area contributed by atoms with Gasteiger partial charge in [-0.15, -0.1) is 12.4 Å². The van der Waals surface area contributed by atoms with Crippen LogP contribution in [0.1, 0.15) is 25.3 Å². The molecule has 0 spiro atoms. The fourth-order valence-corrected chi connectivity index (χ4v) is 2.79. The van der Waals surface area contributed by atoms with Crippen LogP contribution < -0.4 is 5.32 Å². The Morgan fingerprint density at radius 2 is 2.30 bits per heavy atom. The SMILES string of the molecule is CCCN(C(=O)Cc1cccc(Cl)c1)C1CCNC1.Cl. The smallest absolute Gasteiger partial charge is 0.227 e. The summed E-state index contributed by atoms with van der Waals surface area (Å²) in [5.74, 6) is 0.206. The van der Waals surface area contributed by atoms with E-state index in [1.165, 1.54) is 0 Å². The quantitative estimate of drug-likeness (QED) is 0.906. The molecule has 1 saturated heterocycles. The number of carbonyl (C=O) groups excluding carboxylic acids is 1. The Kier molecular flexibility index (Phi) is 7.35. The molecule has 1 unspecified atom stereocenters. The van der Waals surface area contributed by atoms with Crippen LogP contribution in [0.2, 0.25) is 5.02 Å². The number of rotatable bonds is 5. The monoisotopic (exact) mass is 316 g/mol. The van der Waals surface area contributed by atoms with Crippen LogP contribution in [0.25, 0.3) is 0 Å². The van der Waals surface area contributed by atoms with Crippen molar-refractivity contribution in [3.63, 3.8) is 0 Å². The van der Waals surface area contributed by atoms with Crippen molar-refractivity contribution in [3.8, 4) is 0 Å². The summed E-state index contributed by atoms with van der Waals surface area (Å²) >= 11 is 5.96. The highest BCUT2D eigenvalue weighted by atomic mass is 35.5. The van der Waals surface area contributed by atoms with Gasteiger partial charge in [0.05, 0.1) is 6.42 Å². The molecule has 1 aliphatic heterocycles. The number of carbonyl (C=O) groups is 1. The molecule has 1 amide bonds. The van der Waals surface area contributed by atoms with Crippen molar-refractivity contribution in [3.05, 3.63) is 34.9 Å². The van der Waals surface area contributed by atoms with Gasteiger partial charge in [-0.05, 0) is 37.1 Å². The zero-order chi connectivity index (χ0) is 13.7. The number of hydrogen-bond acceptors (Lipinski definition) is 2. The molecule has 20 heavy (non-hydrogen) atoms. The Balaban J connectivity index is 0.00000200. The van der Waals surface area contributed by atoms with Crippen LogP contribution in [0.3, 0.4) is 0 Å². The van der Waals surface area contributed by atoms with Gasteiger partial charge in [0.2, 0.25) is 5.91 Å². The molecule has 112 valence electrons. The summed E-state index contributed by atoms with van der Waals surface area (Å²) in [7, 11) is 0. The lowest BCUT2D eigenvalue weighted by molar-refractivity contribution is -0.132. The van der Waals surface area contributed by atoms with Crippen LogP contribution in [0, 0.1) is 0 Å². The van der Waals surface area contributed by atoms with Gasteiger partial charge in [-0.3, -0.25) is 4.79 Å². The number of nitrogens with one attached hydrogen (secondary N) is 1. The maximum Gasteiger partial charge on any atom is 0.227 e. The highest BCUT2D eigenvalue weighted by Crippen LogP contribution is 2.15. The minimum absolute atomic E-state index is 0. The maximum atomic E-state index is 12.5. The van der Waals surface area contributed by atoms with Crippen LogP contribution in [-0.2, 0) is 11.2 Å². The first-order chi connectivity index (χ1) is 9.20. The minimum Gasteiger partial charge on any atom is -0.338 e. The van der Waals surface area contributed by atoms with Crippen LogP contribution in [0.5, 0.6) is 0 Å². The fourth-order valence-electron chi connectivity index (χ4n) is 2.58. The molecule has 2 rings (SSSR count). The van der Waals surface area contributed by atoms with E-state index in [4.69, 9.17) is 11.6 Å². The van der Waals surface area contributed by atoms with Gasteiger partial charge in [0, 0.05) is 24.2 Å². The van der Waals surface area contributed by atoms with Crippen LogP contribution in [-0.4, -0.2) is 36.5 Å². The molecule has 1 fully saturated rings. The molecular weight excluding hydrogens is 295 g/mol. The Bertz CT molecular complexity index is 434. The highest BCUT2D eigenvalue weighted by molar-refractivity contribution is 6.30. The molecule has 1 atom stereocenters. The molecule has 0 radical (unpaired) electrons. The van der Waals surface area contributed by atoms with Gasteiger partial charge in [0.25, 0.3) is 0 Å². The molecule has 1 heterocycles. The van der Waals surface area contributed by atoms with E-state index in [1.807, 2.05) is 29.2 Å². The molecule has 1 aromatic carbocycles. The van der Waals surface area contributed by atoms with Crippen molar-refractivity contribution < 1.29 is 4.79 Å². The van der Waals surface area contributed by atoms with E-state index in [9.17, 15) is 4.79 Å². The molecule has 0 aromatic heterocycles. The van der Waals surface area contributed by atoms with Crippen LogP contribution >= 0.6 is 24.0 Å². The average Bonchev–Trinajstić information content (AvgIpc) is 2.89. The van der Waals surface area contributed by atoms with Gasteiger partial charge < -0.3 is 10.2 Å². The van der Waals surface area contributed by atoms with E-state index >= 15 is 0 Å². The molecule has 0 bridgehead atoms. The van der Waals surface area contributed by atoms with E-state index < -0.39 is 0 Å². The topological polar surface area (TPSA) is 32.3 Å². The Morgan fingerprint density at radius 1 is 1.50 bits per heavy atom. The Labute approximate surface area is 132 Å². The predicted molar refractivity (Wildman–Crippen MR) is 85.7 cm³/mol. The molecule has 1 N–H and O–H groups in total. The largest absolute Gasteiger partial charge is 0.338 e. The van der Waals surface area contributed by atoms with Crippen molar-refractivity contribution in [1.29, 1.82) is 0 Å². The summed E-state index contributed by atoms with van der Waals surface area (Å²) in [6.07, 6.45) is 2.50. The standard InChI is InChI=1S/C15H21ClN2O.ClH/c1-2-8-18(14-6-7-17-11-14)15(19)10-12-4-3-5-13(16)9-12;/h3-5,9,14,17H,2,6-8,10-11H2,1H3;1H. The fraction of sp³-hybridized carbons (Fsp3) is 0.533. The highest BCUT2D eigenvalue weighted by Gasteiger charge is 2.25. The van der Waals surface area contributed by atoms with Crippen molar-refractivity contribution in [2.45, 2.75) is 32.2 Å². The molecule has 0 saturated carbocycles. The number of hydrogen-bond donors (Lipinski definition) is 1. The summed E-state index contributed by atoms with van der Waals surface area (Å²) in [5.41, 5.74) is 0.990. The summed E-state index contributed by atoms with van der Waals surface area (Å²) in [6, 6.07) is 7.91. The van der Waals surface area contributed by atoms with Gasteiger partial charge in [-0.25, -0.2) is 0 Å². The zero-order valence-corrected chi connectivity index (χ0v) is 13.3. The number of nitrogens with zero attached hydrogens (tertiary/aromatic N) is 1. The molecule has 1 aliphatic rings. The second-order valence-corrected chi connectivity index (χ2v) is 5.48. The van der Waals surface area contributed by atoms with Gasteiger partial charge in [-0.2, -0.15) is 0 Å². The third-order valence-electron chi connectivity index (χ3n) is 3.50. The third kappa shape index (κ3) is 4.65. The molecule has 3 nitrogen and oxygen atoms in total. The minimum atomic E-state index is 0. The van der Waals surface area contributed by atoms with Crippen molar-refractivity contribution in [2.75, 3.05) is 19.6 Å². The van der Waals surface area contributed by atoms with Crippen molar-refractivity contribution >= 4 is 29.9 Å². The Morgan fingerprint density at radius 3 is 2.90 bits per heavy atom. The number of benzene rings is 1. The molecule has 5 heteroatoms. The predicted octanol–water partition coefficient (Wildman–Crippen LogP) is 2.90. The molecular formula is C15H22Cl2N2O. The normalized spacial score (nSPS) is 17.6. The van der Waals surface area contributed by atoms with E-state index in [2.05, 4.69) is 12.2 Å². The second-order valence-electron chi connectivity index (χ2n) is 5.04. The van der Waals surface area contributed by atoms with Gasteiger partial charge in [0.15, 0.2) is 0 Å². The second kappa shape index (κ2) is 8.50. The van der Waals surface area contributed by atoms with E-state index in [-0.39, 0.29) is 18.3 Å². The van der Waals surface area contributed by atoms with E-state index in [0.717, 1.165) is 38.0 Å². The van der Waals surface area contributed by atoms with Crippen molar-refractivity contribution in [2.24, 2.45) is 0 Å². The maximum absolute atomic E-state index is 12.5. The summed E-state index contributed by atoms with van der Waals surface area (Å²) in [4.78, 5) is 14.5. The number of amides is 1. The van der Waals surface area contributed by atoms with E-state index in [0.29, 0.717) is 17.5 Å². The molecule has 1 aromatic rings. The summed E-state index contributed by atoms with van der Waals surface area (Å²) in [5, 5.41) is 4.01. The lowest BCUT2D eigenvalue weighted by Gasteiger charge is -2.28. The van der Waals surface area contributed by atoms with Crippen LogP contribution in [0.4, 0.5) is 0 Å². The molecule has 0 aliphatic carbocycles. The van der Waals surface area contributed by atoms with Crippen molar-refractivity contribution in [1.82, 2.24) is 10.2 Å². The van der Waals surface area contributed by atoms with Gasteiger partial charge in [-0.1, -0.05) is 30.7 Å². The van der Waals surface area contributed by atoms with E-state index in [1.54, 1.807) is 0 Å². The third-order valence-corrected chi connectivity index (χ3v) is 3.74. The first kappa shape index (κ1) is 17.3. The summed E-state index contributed by atoms with van der Waals surface area (Å²) < 4.78 is 0. The van der Waals surface area contributed by atoms with Crippen LogP contribution in [0.15, 0.2) is 24.3 Å². The first-order valence-corrected chi connectivity index (χ1v) is 7.33. The first-order valence-electron chi connectivity index (χ1n) is 6.95. The zero-order valence-electron chi connectivity index (χ0n) is 11.8. The summed E-state index contributed by atoms with van der Waals surface area (Å²) in [6.45, 7) is 4.88. The lowest BCUT2D eigenvalue weighted by Crippen LogP contribution is -2.42. The average molecular weight is 317 g/mol. The van der Waals surface area contributed by atoms with Gasteiger partial charge in [0.1, 0.15) is 0 Å². The lowest BCUT2D eigenvalue weighted by atomic mass is 10.1. The number of halogens is 2. The van der Waals surface area contributed by atoms with Gasteiger partial charge >= 0.3 is 0 Å². The Hall–Kier alpha value is -0.770.